The van der Waals surface area contributed by atoms with Crippen LogP contribution in [0.25, 0.3) is 0 Å². The van der Waals surface area contributed by atoms with Gasteiger partial charge in [0, 0.05) is 33.4 Å². The summed E-state index contributed by atoms with van der Waals surface area (Å²) in [6.45, 7) is 2.27. The van der Waals surface area contributed by atoms with Gasteiger partial charge in [-0.3, -0.25) is 4.79 Å². The van der Waals surface area contributed by atoms with Gasteiger partial charge < -0.3 is 20.1 Å². The number of nitrogens with one attached hydrogen (secondary N) is 1. The first kappa shape index (κ1) is 14.8. The van der Waals surface area contributed by atoms with Gasteiger partial charge in [0.05, 0.1) is 5.92 Å². The number of unbranched alkanes of at least 4 members (excludes halogenated alkanes) is 1. The highest BCUT2D eigenvalue weighted by Crippen LogP contribution is 2.16. The van der Waals surface area contributed by atoms with Gasteiger partial charge in [0.1, 0.15) is 0 Å². The van der Waals surface area contributed by atoms with Crippen LogP contribution in [0, 0.1) is 5.92 Å². The van der Waals surface area contributed by atoms with Crippen LogP contribution in [0.1, 0.15) is 25.7 Å². The fourth-order valence-corrected chi connectivity index (χ4v) is 2.04. The topological polar surface area (TPSA) is 78.9 Å². The van der Waals surface area contributed by atoms with Crippen molar-refractivity contribution in [2.75, 3.05) is 33.4 Å². The van der Waals surface area contributed by atoms with Crippen LogP contribution in [0.3, 0.4) is 0 Å². The molecular formula is C12H22N2O4. The number of likely N-dealkylation sites (tertiary alicyclic amines) is 1. The number of carboxylic acid groups (broad SMARTS) is 1. The third-order valence-corrected chi connectivity index (χ3v) is 3.11. The lowest BCUT2D eigenvalue weighted by Crippen LogP contribution is -2.47. The molecule has 0 bridgehead atoms. The number of methoxy groups -OCH3 is 1. The van der Waals surface area contributed by atoms with Crippen LogP contribution in [0.15, 0.2) is 0 Å². The molecule has 2 N–H and O–H groups in total. The first-order chi connectivity index (χ1) is 8.65. The molecule has 1 aliphatic heterocycles. The molecule has 18 heavy (non-hydrogen) atoms. The predicted molar refractivity (Wildman–Crippen MR) is 66.4 cm³/mol. The molecular weight excluding hydrogens is 236 g/mol. The summed E-state index contributed by atoms with van der Waals surface area (Å²) in [5.74, 6) is -1.23. The standard InChI is InChI=1S/C12H22N2O4/c1-18-8-3-2-6-13-12(17)14-7-4-5-10(9-14)11(15)16/h10H,2-9H2,1H3,(H,13,17)(H,15,16)/t10-/m0/s1. The van der Waals surface area contributed by atoms with E-state index in [0.717, 1.165) is 19.3 Å². The van der Waals surface area contributed by atoms with Crippen molar-refractivity contribution in [2.45, 2.75) is 25.7 Å². The molecule has 1 fully saturated rings. The molecule has 1 heterocycles. The van der Waals surface area contributed by atoms with Gasteiger partial charge in [-0.05, 0) is 25.7 Å². The quantitative estimate of drug-likeness (QED) is 0.694. The number of hydrogen-bond donors (Lipinski definition) is 2. The highest BCUT2D eigenvalue weighted by atomic mass is 16.5. The lowest BCUT2D eigenvalue weighted by molar-refractivity contribution is -0.143. The number of amides is 2. The minimum atomic E-state index is -0.812. The Bertz CT molecular complexity index is 283. The van der Waals surface area contributed by atoms with Gasteiger partial charge in [0.15, 0.2) is 0 Å². The maximum absolute atomic E-state index is 11.8. The van der Waals surface area contributed by atoms with Gasteiger partial charge in [-0.1, -0.05) is 0 Å². The van der Waals surface area contributed by atoms with Gasteiger partial charge in [0.25, 0.3) is 0 Å². The summed E-state index contributed by atoms with van der Waals surface area (Å²) in [5, 5.41) is 11.7. The number of carbonyl (C=O) groups is 2. The summed E-state index contributed by atoms with van der Waals surface area (Å²) in [5.41, 5.74) is 0. The number of urea groups is 1. The number of ether oxygens (including phenoxy) is 1. The Labute approximate surface area is 107 Å². The van der Waals surface area contributed by atoms with E-state index < -0.39 is 11.9 Å². The molecule has 0 unspecified atom stereocenters. The highest BCUT2D eigenvalue weighted by Gasteiger charge is 2.27. The van der Waals surface area contributed by atoms with Crippen molar-refractivity contribution in [2.24, 2.45) is 5.92 Å². The van der Waals surface area contributed by atoms with E-state index in [1.165, 1.54) is 0 Å². The first-order valence-corrected chi connectivity index (χ1v) is 6.39. The van der Waals surface area contributed by atoms with E-state index in [1.807, 2.05) is 0 Å². The molecule has 6 nitrogen and oxygen atoms in total. The maximum atomic E-state index is 11.8. The molecule has 0 aliphatic carbocycles. The van der Waals surface area contributed by atoms with E-state index in [2.05, 4.69) is 5.32 Å². The zero-order chi connectivity index (χ0) is 13.4. The molecule has 0 aromatic heterocycles. The third kappa shape index (κ3) is 4.91. The smallest absolute Gasteiger partial charge is 0.317 e. The Morgan fingerprint density at radius 1 is 1.44 bits per heavy atom. The molecule has 0 aromatic carbocycles. The van der Waals surface area contributed by atoms with Gasteiger partial charge in [0.2, 0.25) is 0 Å². The zero-order valence-electron chi connectivity index (χ0n) is 10.9. The monoisotopic (exact) mass is 258 g/mol. The Hall–Kier alpha value is -1.30. The van der Waals surface area contributed by atoms with Crippen LogP contribution in [0.5, 0.6) is 0 Å². The number of rotatable bonds is 6. The number of carboxylic acids is 1. The maximum Gasteiger partial charge on any atom is 0.317 e. The molecule has 1 atom stereocenters. The summed E-state index contributed by atoms with van der Waals surface area (Å²) >= 11 is 0. The van der Waals surface area contributed by atoms with Gasteiger partial charge in [-0.15, -0.1) is 0 Å². The van der Waals surface area contributed by atoms with Gasteiger partial charge in [-0.2, -0.15) is 0 Å². The van der Waals surface area contributed by atoms with Crippen LogP contribution in [0.2, 0.25) is 0 Å². The predicted octanol–water partition coefficient (Wildman–Crippen LogP) is 0.919. The van der Waals surface area contributed by atoms with E-state index in [1.54, 1.807) is 12.0 Å². The molecule has 1 rings (SSSR count). The van der Waals surface area contributed by atoms with Crippen molar-refractivity contribution in [3.63, 3.8) is 0 Å². The van der Waals surface area contributed by atoms with Crippen molar-refractivity contribution in [3.05, 3.63) is 0 Å². The molecule has 104 valence electrons. The van der Waals surface area contributed by atoms with Crippen molar-refractivity contribution in [1.29, 1.82) is 0 Å². The third-order valence-electron chi connectivity index (χ3n) is 3.11. The van der Waals surface area contributed by atoms with Crippen LogP contribution in [0.4, 0.5) is 4.79 Å². The number of hydrogen-bond acceptors (Lipinski definition) is 3. The molecule has 2 amide bonds. The number of carbonyl (C=O) groups excluding carboxylic acids is 1. The fourth-order valence-electron chi connectivity index (χ4n) is 2.04. The van der Waals surface area contributed by atoms with Crippen LogP contribution < -0.4 is 5.32 Å². The largest absolute Gasteiger partial charge is 0.481 e. The molecule has 0 spiro atoms. The molecule has 0 aromatic rings. The average molecular weight is 258 g/mol. The lowest BCUT2D eigenvalue weighted by Gasteiger charge is -2.30. The first-order valence-electron chi connectivity index (χ1n) is 6.39. The van der Waals surface area contributed by atoms with Gasteiger partial charge >= 0.3 is 12.0 Å². The van der Waals surface area contributed by atoms with E-state index >= 15 is 0 Å². The highest BCUT2D eigenvalue weighted by molar-refractivity contribution is 5.76. The molecule has 6 heteroatoms. The summed E-state index contributed by atoms with van der Waals surface area (Å²) < 4.78 is 4.92. The Balaban J connectivity index is 2.22. The summed E-state index contributed by atoms with van der Waals surface area (Å²) in [6.07, 6.45) is 3.20. The molecule has 1 saturated heterocycles. The second kappa shape index (κ2) is 7.92. The van der Waals surface area contributed by atoms with Crippen LogP contribution in [-0.2, 0) is 9.53 Å². The van der Waals surface area contributed by atoms with Crippen molar-refractivity contribution in [1.82, 2.24) is 10.2 Å². The van der Waals surface area contributed by atoms with Crippen LogP contribution >= 0.6 is 0 Å². The van der Waals surface area contributed by atoms with E-state index in [9.17, 15) is 9.59 Å². The fraction of sp³-hybridized carbons (Fsp3) is 0.833. The number of aliphatic carboxylic acids is 1. The second-order valence-electron chi connectivity index (χ2n) is 4.56. The van der Waals surface area contributed by atoms with E-state index in [-0.39, 0.29) is 6.03 Å². The zero-order valence-corrected chi connectivity index (χ0v) is 10.9. The molecule has 0 radical (unpaired) electrons. The van der Waals surface area contributed by atoms with Crippen molar-refractivity contribution < 1.29 is 19.4 Å². The van der Waals surface area contributed by atoms with Gasteiger partial charge in [-0.25, -0.2) is 4.79 Å². The number of piperidine rings is 1. The lowest BCUT2D eigenvalue weighted by atomic mass is 9.99. The Morgan fingerprint density at radius 2 is 2.22 bits per heavy atom. The normalized spacial score (nSPS) is 19.6. The number of nitrogens with zero attached hydrogens (tertiary/aromatic N) is 1. The van der Waals surface area contributed by atoms with E-state index in [4.69, 9.17) is 9.84 Å². The van der Waals surface area contributed by atoms with Crippen LogP contribution in [-0.4, -0.2) is 55.4 Å². The molecule has 0 saturated carbocycles. The molecule has 1 aliphatic rings. The SMILES string of the molecule is COCCCCNC(=O)N1CCC[C@H](C(=O)O)C1. The summed E-state index contributed by atoms with van der Waals surface area (Å²) in [6, 6.07) is -0.154. The minimum absolute atomic E-state index is 0.154. The van der Waals surface area contributed by atoms with Crippen molar-refractivity contribution >= 4 is 12.0 Å². The van der Waals surface area contributed by atoms with E-state index in [0.29, 0.717) is 32.7 Å². The Kier molecular flexibility index (Phi) is 6.49. The average Bonchev–Trinajstić information content (AvgIpc) is 2.38. The summed E-state index contributed by atoms with van der Waals surface area (Å²) in [7, 11) is 1.65. The Morgan fingerprint density at radius 3 is 2.89 bits per heavy atom. The minimum Gasteiger partial charge on any atom is -0.481 e. The second-order valence-corrected chi connectivity index (χ2v) is 4.56. The van der Waals surface area contributed by atoms with Crippen molar-refractivity contribution in [3.8, 4) is 0 Å². The summed E-state index contributed by atoms with van der Waals surface area (Å²) in [4.78, 5) is 24.3.